The third kappa shape index (κ3) is 3.85. The van der Waals surface area contributed by atoms with Gasteiger partial charge in [-0.15, -0.1) is 0 Å². The summed E-state index contributed by atoms with van der Waals surface area (Å²) in [4.78, 5) is 14.9. The number of fused-ring (bicyclic) bond motifs is 1. The summed E-state index contributed by atoms with van der Waals surface area (Å²) in [5.41, 5.74) is 5.77. The second kappa shape index (κ2) is 7.95. The number of carbonyl (C=O) groups is 1. The van der Waals surface area contributed by atoms with Gasteiger partial charge in [-0.2, -0.15) is 0 Å². The molecule has 0 spiro atoms. The molecule has 0 fully saturated rings. The fraction of sp³-hybridized carbons (Fsp3) is 0.500. The third-order valence-corrected chi connectivity index (χ3v) is 8.23. The Morgan fingerprint density at radius 3 is 2.24 bits per heavy atom. The van der Waals surface area contributed by atoms with Gasteiger partial charge in [-0.3, -0.25) is 4.79 Å². The van der Waals surface area contributed by atoms with Gasteiger partial charge in [0.05, 0.1) is 10.9 Å². The molecule has 7 heteroatoms. The van der Waals surface area contributed by atoms with Gasteiger partial charge in [-0.05, 0) is 81.5 Å². The van der Waals surface area contributed by atoms with E-state index in [9.17, 15) is 13.2 Å². The number of sulfonamides is 1. The van der Waals surface area contributed by atoms with Crippen molar-refractivity contribution < 1.29 is 13.2 Å². The molecule has 1 atom stereocenters. The van der Waals surface area contributed by atoms with Gasteiger partial charge in [-0.1, -0.05) is 0 Å². The van der Waals surface area contributed by atoms with E-state index in [1.807, 2.05) is 64.8 Å². The predicted octanol–water partition coefficient (Wildman–Crippen LogP) is 3.30. The lowest BCUT2D eigenvalue weighted by Crippen LogP contribution is -2.42. The van der Waals surface area contributed by atoms with Crippen molar-refractivity contribution in [2.75, 3.05) is 13.1 Å². The van der Waals surface area contributed by atoms with E-state index in [-0.39, 0.29) is 24.9 Å². The first-order valence-corrected chi connectivity index (χ1v) is 11.6. The topological polar surface area (TPSA) is 71.4 Å². The molecule has 2 heterocycles. The number of aromatic nitrogens is 1. The summed E-state index contributed by atoms with van der Waals surface area (Å²) in [6, 6.07) is 4.01. The number of rotatable bonds is 5. The van der Waals surface area contributed by atoms with E-state index in [1.165, 1.54) is 0 Å². The Morgan fingerprint density at radius 2 is 1.62 bits per heavy atom. The van der Waals surface area contributed by atoms with Crippen LogP contribution in [-0.2, 0) is 21.4 Å². The zero-order valence-corrected chi connectivity index (χ0v) is 19.0. The van der Waals surface area contributed by atoms with E-state index in [1.54, 1.807) is 0 Å². The van der Waals surface area contributed by atoms with Gasteiger partial charge in [0, 0.05) is 37.9 Å². The number of benzene rings is 1. The molecule has 1 aromatic heterocycles. The summed E-state index contributed by atoms with van der Waals surface area (Å²) in [6.07, 6.45) is 2.17. The molecule has 2 aromatic rings. The lowest BCUT2D eigenvalue weighted by atomic mass is 9.95. The van der Waals surface area contributed by atoms with Crippen molar-refractivity contribution in [2.45, 2.75) is 65.4 Å². The molecule has 1 aromatic carbocycles. The van der Waals surface area contributed by atoms with Crippen LogP contribution in [0.5, 0.6) is 0 Å². The van der Waals surface area contributed by atoms with Gasteiger partial charge in [0.2, 0.25) is 15.9 Å². The van der Waals surface area contributed by atoms with Crippen molar-refractivity contribution >= 4 is 15.9 Å². The van der Waals surface area contributed by atoms with E-state index >= 15 is 0 Å². The molecular weight excluding hydrogens is 386 g/mol. The second-order valence-electron chi connectivity index (χ2n) is 7.99. The molecule has 0 aliphatic carbocycles. The normalized spacial score (nSPS) is 16.8. The first-order chi connectivity index (χ1) is 13.6. The lowest BCUT2D eigenvalue weighted by molar-refractivity contribution is -0.134. The van der Waals surface area contributed by atoms with Crippen LogP contribution in [0.3, 0.4) is 0 Å². The Kier molecular flexibility index (Phi) is 5.92. The zero-order chi connectivity index (χ0) is 21.5. The molecule has 1 aliphatic rings. The molecule has 1 N–H and O–H groups in total. The largest absolute Gasteiger partial charge is 0.348 e. The number of carbonyl (C=O) groups excluding carboxylic acids is 1. The van der Waals surface area contributed by atoms with Crippen LogP contribution in [-0.4, -0.2) is 36.9 Å². The Labute approximate surface area is 174 Å². The SMILES string of the molecule is Cc1c(C)c(C)c(S(=O)(=O)NCCC(=O)N2CCn3cccc3[C@@H]2C)c(C)c1C. The van der Waals surface area contributed by atoms with E-state index in [4.69, 9.17) is 0 Å². The molecule has 0 unspecified atom stereocenters. The monoisotopic (exact) mass is 417 g/mol. The number of nitrogens with one attached hydrogen (secondary N) is 1. The fourth-order valence-electron chi connectivity index (χ4n) is 4.30. The summed E-state index contributed by atoms with van der Waals surface area (Å²) in [5, 5.41) is 0. The number of amides is 1. The molecule has 29 heavy (non-hydrogen) atoms. The van der Waals surface area contributed by atoms with Gasteiger partial charge in [-0.25, -0.2) is 13.1 Å². The molecule has 158 valence electrons. The van der Waals surface area contributed by atoms with Crippen LogP contribution < -0.4 is 4.72 Å². The second-order valence-corrected chi connectivity index (χ2v) is 9.70. The van der Waals surface area contributed by atoms with Crippen LogP contribution >= 0.6 is 0 Å². The molecule has 6 nitrogen and oxygen atoms in total. The standard InChI is InChI=1S/C22H31N3O3S/c1-14-15(2)17(4)22(18(5)16(14)3)29(27,28)23-10-9-21(26)25-13-12-24-11-7-8-20(24)19(25)6/h7-8,11,19,23H,9-10,12-13H2,1-6H3/t19-/m0/s1. The Balaban J connectivity index is 1.70. The van der Waals surface area contributed by atoms with Crippen LogP contribution in [0.25, 0.3) is 0 Å². The highest BCUT2D eigenvalue weighted by atomic mass is 32.2. The van der Waals surface area contributed by atoms with Crippen molar-refractivity contribution in [1.82, 2.24) is 14.2 Å². The predicted molar refractivity (Wildman–Crippen MR) is 114 cm³/mol. The molecule has 3 rings (SSSR count). The minimum atomic E-state index is -3.69. The van der Waals surface area contributed by atoms with E-state index in [0.29, 0.717) is 11.4 Å². The van der Waals surface area contributed by atoms with Crippen LogP contribution in [0.15, 0.2) is 23.2 Å². The molecule has 0 saturated carbocycles. The summed E-state index contributed by atoms with van der Waals surface area (Å²) in [7, 11) is -3.69. The summed E-state index contributed by atoms with van der Waals surface area (Å²) >= 11 is 0. The molecule has 0 bridgehead atoms. The van der Waals surface area contributed by atoms with Gasteiger partial charge < -0.3 is 9.47 Å². The quantitative estimate of drug-likeness (QED) is 0.811. The van der Waals surface area contributed by atoms with Crippen molar-refractivity contribution in [2.24, 2.45) is 0 Å². The Morgan fingerprint density at radius 1 is 1.03 bits per heavy atom. The van der Waals surface area contributed by atoms with E-state index < -0.39 is 10.0 Å². The van der Waals surface area contributed by atoms with E-state index in [2.05, 4.69) is 9.29 Å². The lowest BCUT2D eigenvalue weighted by Gasteiger charge is -2.35. The van der Waals surface area contributed by atoms with Gasteiger partial charge in [0.25, 0.3) is 0 Å². The average Bonchev–Trinajstić information content (AvgIpc) is 3.14. The number of hydrogen-bond acceptors (Lipinski definition) is 3. The summed E-state index contributed by atoms with van der Waals surface area (Å²) in [5.74, 6) is -0.0302. The number of hydrogen-bond donors (Lipinski definition) is 1. The molecule has 1 aliphatic heterocycles. The van der Waals surface area contributed by atoms with Crippen LogP contribution in [0.2, 0.25) is 0 Å². The maximum atomic E-state index is 13.0. The average molecular weight is 418 g/mol. The highest BCUT2D eigenvalue weighted by molar-refractivity contribution is 7.89. The van der Waals surface area contributed by atoms with Gasteiger partial charge in [0.1, 0.15) is 0 Å². The maximum Gasteiger partial charge on any atom is 0.241 e. The zero-order valence-electron chi connectivity index (χ0n) is 18.2. The smallest absolute Gasteiger partial charge is 0.241 e. The third-order valence-electron chi connectivity index (χ3n) is 6.49. The minimum Gasteiger partial charge on any atom is -0.348 e. The van der Waals surface area contributed by atoms with Crippen LogP contribution in [0.1, 0.15) is 52.9 Å². The highest BCUT2D eigenvalue weighted by Gasteiger charge is 2.28. The number of nitrogens with zero attached hydrogens (tertiary/aromatic N) is 2. The van der Waals surface area contributed by atoms with Crippen molar-refractivity contribution in [3.05, 3.63) is 51.8 Å². The summed E-state index contributed by atoms with van der Waals surface area (Å²) < 4.78 is 30.8. The minimum absolute atomic E-state index is 0.00487. The molecule has 1 amide bonds. The first-order valence-electron chi connectivity index (χ1n) is 10.1. The van der Waals surface area contributed by atoms with Crippen molar-refractivity contribution in [3.63, 3.8) is 0 Å². The van der Waals surface area contributed by atoms with E-state index in [0.717, 1.165) is 40.1 Å². The Hall–Kier alpha value is -2.12. The highest BCUT2D eigenvalue weighted by Crippen LogP contribution is 2.29. The fourth-order valence-corrected chi connectivity index (χ4v) is 5.92. The maximum absolute atomic E-state index is 13.0. The van der Waals surface area contributed by atoms with Crippen LogP contribution in [0.4, 0.5) is 0 Å². The van der Waals surface area contributed by atoms with Crippen molar-refractivity contribution in [1.29, 1.82) is 0 Å². The van der Waals surface area contributed by atoms with Crippen LogP contribution in [0, 0.1) is 34.6 Å². The molecule has 0 radical (unpaired) electrons. The Bertz CT molecular complexity index is 1020. The molecule has 0 saturated heterocycles. The first kappa shape index (κ1) is 21.6. The summed E-state index contributed by atoms with van der Waals surface area (Å²) in [6.45, 7) is 13.1. The molecular formula is C22H31N3O3S. The van der Waals surface area contributed by atoms with Crippen molar-refractivity contribution in [3.8, 4) is 0 Å². The van der Waals surface area contributed by atoms with Gasteiger partial charge >= 0.3 is 0 Å². The van der Waals surface area contributed by atoms with Gasteiger partial charge in [0.15, 0.2) is 0 Å².